The standard InChI is InChI=1S/C15H22N5O3P/c1-6-22-24(21,23-7-2)11(5)13(10(3)4)20-9-19-12-14(16)17-8-18-15(12)20/h8-9H,5-7H2,1-4H3,(H2,16,17,18). The van der Waals surface area contributed by atoms with Gasteiger partial charge in [0.1, 0.15) is 12.7 Å². The predicted molar refractivity (Wildman–Crippen MR) is 94.3 cm³/mol. The van der Waals surface area contributed by atoms with Gasteiger partial charge < -0.3 is 14.8 Å². The van der Waals surface area contributed by atoms with Crippen molar-refractivity contribution in [1.82, 2.24) is 19.5 Å². The van der Waals surface area contributed by atoms with Crippen molar-refractivity contribution < 1.29 is 13.6 Å². The second kappa shape index (κ2) is 7.25. The summed E-state index contributed by atoms with van der Waals surface area (Å²) in [6, 6.07) is 0. The van der Waals surface area contributed by atoms with Gasteiger partial charge in [-0.05, 0) is 27.7 Å². The normalized spacial score (nSPS) is 11.7. The summed E-state index contributed by atoms with van der Waals surface area (Å²) >= 11 is 0. The molecule has 0 aliphatic heterocycles. The maximum absolute atomic E-state index is 13.1. The molecule has 0 spiro atoms. The van der Waals surface area contributed by atoms with Crippen LogP contribution in [0.15, 0.2) is 30.1 Å². The van der Waals surface area contributed by atoms with E-state index in [4.69, 9.17) is 14.8 Å². The van der Waals surface area contributed by atoms with E-state index in [1.807, 2.05) is 13.8 Å². The van der Waals surface area contributed by atoms with Gasteiger partial charge in [-0.15, -0.1) is 0 Å². The Kier molecular flexibility index (Phi) is 5.54. The molecule has 2 aromatic heterocycles. The molecule has 2 rings (SSSR count). The van der Waals surface area contributed by atoms with Gasteiger partial charge in [0.25, 0.3) is 0 Å². The molecular weight excluding hydrogens is 329 g/mol. The summed E-state index contributed by atoms with van der Waals surface area (Å²) in [5, 5.41) is 0.252. The zero-order valence-electron chi connectivity index (χ0n) is 14.3. The molecule has 130 valence electrons. The van der Waals surface area contributed by atoms with E-state index in [9.17, 15) is 4.57 Å². The van der Waals surface area contributed by atoms with Crippen LogP contribution in [0.1, 0.15) is 27.7 Å². The van der Waals surface area contributed by atoms with Crippen molar-refractivity contribution in [3.8, 4) is 0 Å². The molecule has 0 aliphatic carbocycles. The van der Waals surface area contributed by atoms with Gasteiger partial charge in [-0.25, -0.2) is 15.0 Å². The number of nitrogens with zero attached hydrogens (tertiary/aromatic N) is 4. The van der Waals surface area contributed by atoms with Crippen molar-refractivity contribution in [1.29, 1.82) is 0 Å². The smallest absolute Gasteiger partial charge is 0.362 e. The SMILES string of the molecule is C=C(C(=C(C)C)n1cnc2c(N)ncnc21)P(=O)(OCC)OCC. The first kappa shape index (κ1) is 18.3. The number of nitrogen functional groups attached to an aromatic ring is 1. The summed E-state index contributed by atoms with van der Waals surface area (Å²) in [7, 11) is -3.53. The summed E-state index contributed by atoms with van der Waals surface area (Å²) in [5.74, 6) is 0.273. The lowest BCUT2D eigenvalue weighted by atomic mass is 10.2. The maximum atomic E-state index is 13.1. The topological polar surface area (TPSA) is 105 Å². The summed E-state index contributed by atoms with van der Waals surface area (Å²) in [6.07, 6.45) is 2.90. The highest BCUT2D eigenvalue weighted by Crippen LogP contribution is 2.59. The lowest BCUT2D eigenvalue weighted by molar-refractivity contribution is 0.227. The highest BCUT2D eigenvalue weighted by Gasteiger charge is 2.32. The van der Waals surface area contributed by atoms with Crippen molar-refractivity contribution >= 4 is 30.3 Å². The molecule has 24 heavy (non-hydrogen) atoms. The molecule has 2 aromatic rings. The summed E-state index contributed by atoms with van der Waals surface area (Å²) in [5.41, 5.74) is 8.23. The number of rotatable bonds is 7. The minimum absolute atomic E-state index is 0.242. The first-order chi connectivity index (χ1) is 11.4. The van der Waals surface area contributed by atoms with Crippen LogP contribution in [-0.2, 0) is 13.6 Å². The summed E-state index contributed by atoms with van der Waals surface area (Å²) in [6.45, 7) is 11.7. The van der Waals surface area contributed by atoms with Gasteiger partial charge >= 0.3 is 7.60 Å². The van der Waals surface area contributed by atoms with Gasteiger partial charge in [0, 0.05) is 0 Å². The van der Waals surface area contributed by atoms with E-state index in [1.165, 1.54) is 6.33 Å². The molecule has 9 heteroatoms. The monoisotopic (exact) mass is 351 g/mol. The number of imidazole rings is 1. The van der Waals surface area contributed by atoms with E-state index in [1.54, 1.807) is 24.7 Å². The van der Waals surface area contributed by atoms with Crippen molar-refractivity contribution in [3.05, 3.63) is 30.1 Å². The van der Waals surface area contributed by atoms with Gasteiger partial charge in [0.15, 0.2) is 17.0 Å². The highest BCUT2D eigenvalue weighted by atomic mass is 31.2. The van der Waals surface area contributed by atoms with Crippen molar-refractivity contribution in [2.45, 2.75) is 27.7 Å². The molecule has 0 aliphatic rings. The fourth-order valence-corrected chi connectivity index (χ4v) is 4.00. The Hall–Kier alpha value is -2.02. The van der Waals surface area contributed by atoms with Crippen LogP contribution in [-0.4, -0.2) is 32.7 Å². The van der Waals surface area contributed by atoms with Crippen LogP contribution in [0, 0.1) is 0 Å². The van der Waals surface area contributed by atoms with E-state index >= 15 is 0 Å². The average molecular weight is 351 g/mol. The first-order valence-corrected chi connectivity index (χ1v) is 9.10. The Balaban J connectivity index is 2.62. The zero-order valence-corrected chi connectivity index (χ0v) is 15.2. The number of aromatic nitrogens is 4. The molecule has 0 atom stereocenters. The molecular formula is C15H22N5O3P. The third-order valence-electron chi connectivity index (χ3n) is 3.28. The van der Waals surface area contributed by atoms with Gasteiger partial charge in [0.2, 0.25) is 0 Å². The highest BCUT2D eigenvalue weighted by molar-refractivity contribution is 7.59. The number of hydrogen-bond acceptors (Lipinski definition) is 7. The third kappa shape index (κ3) is 3.26. The molecule has 8 nitrogen and oxygen atoms in total. The second-order valence-corrected chi connectivity index (χ2v) is 7.23. The number of nitrogens with two attached hydrogens (primary N) is 1. The molecule has 0 saturated heterocycles. The lowest BCUT2D eigenvalue weighted by Crippen LogP contribution is -2.06. The molecule has 0 saturated carbocycles. The van der Waals surface area contributed by atoms with Crippen LogP contribution < -0.4 is 5.73 Å². The zero-order chi connectivity index (χ0) is 17.9. The number of hydrogen-bond donors (Lipinski definition) is 1. The van der Waals surface area contributed by atoms with Crippen molar-refractivity contribution in [3.63, 3.8) is 0 Å². The van der Waals surface area contributed by atoms with Gasteiger partial charge in [-0.1, -0.05) is 12.2 Å². The Bertz CT molecular complexity index is 829. The first-order valence-electron chi connectivity index (χ1n) is 7.56. The Morgan fingerprint density at radius 2 is 1.88 bits per heavy atom. The number of anilines is 1. The Labute approximate surface area is 140 Å². The molecule has 2 heterocycles. The minimum atomic E-state index is -3.53. The number of fused-ring (bicyclic) bond motifs is 1. The average Bonchev–Trinajstić information content (AvgIpc) is 2.93. The van der Waals surface area contributed by atoms with E-state index in [0.717, 1.165) is 5.57 Å². The van der Waals surface area contributed by atoms with E-state index < -0.39 is 7.60 Å². The van der Waals surface area contributed by atoms with Crippen molar-refractivity contribution in [2.75, 3.05) is 18.9 Å². The number of allylic oxidation sites excluding steroid dienone is 3. The molecule has 0 radical (unpaired) electrons. The van der Waals surface area contributed by atoms with E-state index in [0.29, 0.717) is 16.9 Å². The molecule has 0 aromatic carbocycles. The lowest BCUT2D eigenvalue weighted by Gasteiger charge is -2.22. The van der Waals surface area contributed by atoms with Crippen LogP contribution in [0.4, 0.5) is 5.82 Å². The van der Waals surface area contributed by atoms with Crippen LogP contribution in [0.3, 0.4) is 0 Å². The maximum Gasteiger partial charge on any atom is 0.362 e. The van der Waals surface area contributed by atoms with E-state index in [2.05, 4.69) is 21.5 Å². The fourth-order valence-electron chi connectivity index (χ4n) is 2.35. The molecule has 0 unspecified atom stereocenters. The fraction of sp³-hybridized carbons (Fsp3) is 0.400. The quantitative estimate of drug-likeness (QED) is 0.601. The van der Waals surface area contributed by atoms with Crippen LogP contribution in [0.25, 0.3) is 16.9 Å². The van der Waals surface area contributed by atoms with Gasteiger partial charge in [-0.3, -0.25) is 9.13 Å². The predicted octanol–water partition coefficient (Wildman–Crippen LogP) is 3.44. The Morgan fingerprint density at radius 3 is 2.42 bits per heavy atom. The van der Waals surface area contributed by atoms with Gasteiger partial charge in [0.05, 0.1) is 24.2 Å². The van der Waals surface area contributed by atoms with Crippen LogP contribution in [0.5, 0.6) is 0 Å². The molecule has 0 fully saturated rings. The molecule has 2 N–H and O–H groups in total. The van der Waals surface area contributed by atoms with E-state index in [-0.39, 0.29) is 24.3 Å². The van der Waals surface area contributed by atoms with Gasteiger partial charge in [-0.2, -0.15) is 0 Å². The molecule has 0 amide bonds. The largest absolute Gasteiger partial charge is 0.382 e. The second-order valence-electron chi connectivity index (χ2n) is 5.17. The molecule has 0 bridgehead atoms. The summed E-state index contributed by atoms with van der Waals surface area (Å²) in [4.78, 5) is 12.4. The van der Waals surface area contributed by atoms with Crippen LogP contribution in [0.2, 0.25) is 0 Å². The minimum Gasteiger partial charge on any atom is -0.382 e. The third-order valence-corrected chi connectivity index (χ3v) is 5.35. The Morgan fingerprint density at radius 1 is 1.25 bits per heavy atom. The van der Waals surface area contributed by atoms with Crippen LogP contribution >= 0.6 is 7.60 Å². The summed E-state index contributed by atoms with van der Waals surface area (Å²) < 4.78 is 25.6. The van der Waals surface area contributed by atoms with Crippen molar-refractivity contribution in [2.24, 2.45) is 0 Å².